The highest BCUT2D eigenvalue weighted by Crippen LogP contribution is 2.32. The smallest absolute Gasteiger partial charge is 0.416 e. The van der Waals surface area contributed by atoms with Crippen molar-refractivity contribution in [3.05, 3.63) is 29.3 Å². The molecule has 0 unspecified atom stereocenters. The van der Waals surface area contributed by atoms with Crippen molar-refractivity contribution in [2.75, 3.05) is 13.9 Å². The van der Waals surface area contributed by atoms with Crippen LogP contribution in [0.3, 0.4) is 0 Å². The van der Waals surface area contributed by atoms with Crippen LogP contribution < -0.4 is 4.74 Å². The summed E-state index contributed by atoms with van der Waals surface area (Å²) in [5, 5.41) is 0. The minimum Gasteiger partial charge on any atom is -0.467 e. The average molecular weight is 220 g/mol. The van der Waals surface area contributed by atoms with Crippen molar-refractivity contribution >= 4 is 0 Å². The van der Waals surface area contributed by atoms with E-state index in [4.69, 9.17) is 4.74 Å². The van der Waals surface area contributed by atoms with E-state index in [1.807, 2.05) is 0 Å². The van der Waals surface area contributed by atoms with E-state index in [-0.39, 0.29) is 12.5 Å². The molecule has 0 N–H and O–H groups in total. The van der Waals surface area contributed by atoms with E-state index in [1.165, 1.54) is 13.2 Å². The number of hydrogen-bond donors (Lipinski definition) is 0. The zero-order valence-electron chi connectivity index (χ0n) is 8.39. The molecule has 0 atom stereocenters. The van der Waals surface area contributed by atoms with Crippen LogP contribution in [0.5, 0.6) is 5.75 Å². The second kappa shape index (κ2) is 4.53. The summed E-state index contributed by atoms with van der Waals surface area (Å²) in [4.78, 5) is 0. The van der Waals surface area contributed by atoms with Crippen LogP contribution in [0.25, 0.3) is 0 Å². The van der Waals surface area contributed by atoms with Crippen LogP contribution in [0.4, 0.5) is 13.2 Å². The van der Waals surface area contributed by atoms with E-state index in [2.05, 4.69) is 4.74 Å². The van der Waals surface area contributed by atoms with E-state index < -0.39 is 11.7 Å². The number of aryl methyl sites for hydroxylation is 1. The molecule has 0 fully saturated rings. The molecule has 1 aromatic rings. The summed E-state index contributed by atoms with van der Waals surface area (Å²) in [6.07, 6.45) is -4.35. The Morgan fingerprint density at radius 3 is 2.47 bits per heavy atom. The van der Waals surface area contributed by atoms with Crippen molar-refractivity contribution in [2.45, 2.75) is 13.1 Å². The molecule has 0 saturated heterocycles. The summed E-state index contributed by atoms with van der Waals surface area (Å²) < 4.78 is 46.6. The predicted molar refractivity (Wildman–Crippen MR) is 48.7 cm³/mol. The first-order chi connectivity index (χ1) is 6.95. The lowest BCUT2D eigenvalue weighted by Gasteiger charge is -2.11. The zero-order valence-corrected chi connectivity index (χ0v) is 8.39. The van der Waals surface area contributed by atoms with Gasteiger partial charge in [0, 0.05) is 7.11 Å². The van der Waals surface area contributed by atoms with Gasteiger partial charge in [0.15, 0.2) is 6.79 Å². The van der Waals surface area contributed by atoms with Crippen LogP contribution >= 0.6 is 0 Å². The summed E-state index contributed by atoms with van der Waals surface area (Å²) in [6.45, 7) is 1.60. The molecule has 0 heterocycles. The molecule has 0 aliphatic heterocycles. The summed E-state index contributed by atoms with van der Waals surface area (Å²) >= 11 is 0. The fourth-order valence-electron chi connectivity index (χ4n) is 1.05. The van der Waals surface area contributed by atoms with E-state index >= 15 is 0 Å². The molecule has 0 saturated carbocycles. The molecule has 2 nitrogen and oxygen atoms in total. The monoisotopic (exact) mass is 220 g/mol. The minimum absolute atomic E-state index is 0.0673. The molecule has 1 aromatic carbocycles. The van der Waals surface area contributed by atoms with Gasteiger partial charge >= 0.3 is 6.18 Å². The van der Waals surface area contributed by atoms with Gasteiger partial charge in [-0.2, -0.15) is 13.2 Å². The predicted octanol–water partition coefficient (Wildman–Crippen LogP) is 3.00. The lowest BCUT2D eigenvalue weighted by molar-refractivity contribution is -0.137. The first-order valence-electron chi connectivity index (χ1n) is 4.24. The highest BCUT2D eigenvalue weighted by Gasteiger charge is 2.30. The Balaban J connectivity index is 2.95. The maximum atomic E-state index is 12.3. The highest BCUT2D eigenvalue weighted by molar-refractivity contribution is 5.37. The minimum atomic E-state index is -4.35. The van der Waals surface area contributed by atoms with Crippen molar-refractivity contribution in [3.8, 4) is 5.75 Å². The Labute approximate surface area is 85.6 Å². The number of hydrogen-bond acceptors (Lipinski definition) is 2. The summed E-state index contributed by atoms with van der Waals surface area (Å²) in [7, 11) is 1.41. The van der Waals surface area contributed by atoms with Gasteiger partial charge in [-0.3, -0.25) is 0 Å². The van der Waals surface area contributed by atoms with Crippen LogP contribution in [0.2, 0.25) is 0 Å². The third-order valence-corrected chi connectivity index (χ3v) is 1.85. The van der Waals surface area contributed by atoms with Crippen molar-refractivity contribution in [3.63, 3.8) is 0 Å². The molecule has 0 aliphatic carbocycles. The van der Waals surface area contributed by atoms with Crippen molar-refractivity contribution in [1.29, 1.82) is 0 Å². The van der Waals surface area contributed by atoms with Gasteiger partial charge < -0.3 is 9.47 Å². The van der Waals surface area contributed by atoms with Crippen LogP contribution in [-0.2, 0) is 10.9 Å². The third kappa shape index (κ3) is 3.13. The topological polar surface area (TPSA) is 18.5 Å². The standard InChI is InChI=1S/C10H11F3O2/c1-7-3-4-8(10(11,12)13)5-9(7)15-6-14-2/h3-5H,6H2,1-2H3. The molecule has 5 heteroatoms. The molecule has 0 amide bonds. The second-order valence-electron chi connectivity index (χ2n) is 3.03. The van der Waals surface area contributed by atoms with Gasteiger partial charge in [-0.05, 0) is 24.6 Å². The number of alkyl halides is 3. The first kappa shape index (κ1) is 11.8. The maximum absolute atomic E-state index is 12.3. The van der Waals surface area contributed by atoms with Gasteiger partial charge in [0.2, 0.25) is 0 Å². The lowest BCUT2D eigenvalue weighted by atomic mass is 10.1. The van der Waals surface area contributed by atoms with Gasteiger partial charge in [-0.1, -0.05) is 6.07 Å². The summed E-state index contributed by atoms with van der Waals surface area (Å²) in [6, 6.07) is 3.36. The SMILES string of the molecule is COCOc1cc(C(F)(F)F)ccc1C. The molecule has 0 aliphatic rings. The quantitative estimate of drug-likeness (QED) is 0.729. The van der Waals surface area contributed by atoms with Crippen LogP contribution in [-0.4, -0.2) is 13.9 Å². The highest BCUT2D eigenvalue weighted by atomic mass is 19.4. The Bertz CT molecular complexity index is 334. The van der Waals surface area contributed by atoms with Crippen molar-refractivity contribution < 1.29 is 22.6 Å². The van der Waals surface area contributed by atoms with Gasteiger partial charge in [-0.15, -0.1) is 0 Å². The van der Waals surface area contributed by atoms with Gasteiger partial charge in [0.25, 0.3) is 0 Å². The third-order valence-electron chi connectivity index (χ3n) is 1.85. The van der Waals surface area contributed by atoms with Crippen LogP contribution in [0.1, 0.15) is 11.1 Å². The molecule has 84 valence electrons. The molecule has 0 aromatic heterocycles. The molecule has 0 spiro atoms. The molecule has 1 rings (SSSR count). The second-order valence-corrected chi connectivity index (χ2v) is 3.03. The lowest BCUT2D eigenvalue weighted by Crippen LogP contribution is -2.07. The fourth-order valence-corrected chi connectivity index (χ4v) is 1.05. The van der Waals surface area contributed by atoms with Gasteiger partial charge in [-0.25, -0.2) is 0 Å². The van der Waals surface area contributed by atoms with Crippen LogP contribution in [0, 0.1) is 6.92 Å². The normalized spacial score (nSPS) is 11.5. The number of halogens is 3. The van der Waals surface area contributed by atoms with E-state index in [9.17, 15) is 13.2 Å². The van der Waals surface area contributed by atoms with E-state index in [0.717, 1.165) is 12.1 Å². The van der Waals surface area contributed by atoms with Crippen LogP contribution in [0.15, 0.2) is 18.2 Å². The molecule has 0 radical (unpaired) electrons. The largest absolute Gasteiger partial charge is 0.467 e. The molecule has 0 bridgehead atoms. The number of methoxy groups -OCH3 is 1. The number of rotatable bonds is 3. The number of ether oxygens (including phenoxy) is 2. The molecular formula is C10H11F3O2. The Kier molecular flexibility index (Phi) is 3.57. The molecule has 15 heavy (non-hydrogen) atoms. The van der Waals surface area contributed by atoms with Gasteiger partial charge in [0.05, 0.1) is 5.56 Å². The Morgan fingerprint density at radius 1 is 1.27 bits per heavy atom. The van der Waals surface area contributed by atoms with E-state index in [0.29, 0.717) is 5.56 Å². The van der Waals surface area contributed by atoms with Gasteiger partial charge in [0.1, 0.15) is 5.75 Å². The van der Waals surface area contributed by atoms with Crippen molar-refractivity contribution in [2.24, 2.45) is 0 Å². The first-order valence-corrected chi connectivity index (χ1v) is 4.24. The maximum Gasteiger partial charge on any atom is 0.416 e. The summed E-state index contributed by atoms with van der Waals surface area (Å²) in [5.41, 5.74) is -0.0840. The molecular weight excluding hydrogens is 209 g/mol. The van der Waals surface area contributed by atoms with E-state index in [1.54, 1.807) is 6.92 Å². The zero-order chi connectivity index (χ0) is 11.5. The van der Waals surface area contributed by atoms with Crippen molar-refractivity contribution in [1.82, 2.24) is 0 Å². The summed E-state index contributed by atoms with van der Waals surface area (Å²) in [5.74, 6) is 0.187. The fraction of sp³-hybridized carbons (Fsp3) is 0.400. The Morgan fingerprint density at radius 2 is 1.93 bits per heavy atom. The number of benzene rings is 1. The Hall–Kier alpha value is -1.23. The average Bonchev–Trinajstić information content (AvgIpc) is 2.15.